The minimum absolute atomic E-state index is 0.125. The lowest BCUT2D eigenvalue weighted by Crippen LogP contribution is -2.23. The number of benzene rings is 1. The largest absolute Gasteiger partial charge is 0.454 e. The molecule has 0 spiro atoms. The summed E-state index contributed by atoms with van der Waals surface area (Å²) in [4.78, 5) is 0. The summed E-state index contributed by atoms with van der Waals surface area (Å²) in [6.07, 6.45) is 0.926. The van der Waals surface area contributed by atoms with Gasteiger partial charge >= 0.3 is 0 Å². The minimum atomic E-state index is -0.244. The highest BCUT2D eigenvalue weighted by Crippen LogP contribution is 2.39. The van der Waals surface area contributed by atoms with Gasteiger partial charge in [-0.3, -0.25) is 0 Å². The fourth-order valence-corrected chi connectivity index (χ4v) is 1.99. The zero-order valence-corrected chi connectivity index (χ0v) is 10.0. The van der Waals surface area contributed by atoms with Crippen LogP contribution in [0.3, 0.4) is 0 Å². The van der Waals surface area contributed by atoms with E-state index in [1.807, 2.05) is 26.0 Å². The molecule has 1 aromatic carbocycles. The summed E-state index contributed by atoms with van der Waals surface area (Å²) in [5, 5.41) is 9.44. The molecule has 1 aliphatic rings. The fourth-order valence-electron chi connectivity index (χ4n) is 1.99. The van der Waals surface area contributed by atoms with Crippen molar-refractivity contribution in [2.75, 3.05) is 13.4 Å². The van der Waals surface area contributed by atoms with Crippen LogP contribution in [-0.2, 0) is 11.8 Å². The Morgan fingerprint density at radius 3 is 2.44 bits per heavy atom. The van der Waals surface area contributed by atoms with Gasteiger partial charge in [-0.25, -0.2) is 0 Å². The third kappa shape index (κ3) is 1.76. The molecule has 0 saturated carbocycles. The molecule has 0 saturated heterocycles. The average molecular weight is 222 g/mol. The molecular weight excluding hydrogens is 204 g/mol. The standard InChI is InChI=1S/C13H18O3/c1-4-9-5-11-12(16-8-15-11)6-10(9)13(2,3)7-14/h5-6,14H,4,7-8H2,1-3H3. The van der Waals surface area contributed by atoms with Gasteiger partial charge in [0.2, 0.25) is 6.79 Å². The van der Waals surface area contributed by atoms with Crippen molar-refractivity contribution in [3.8, 4) is 11.5 Å². The van der Waals surface area contributed by atoms with Crippen molar-refractivity contribution in [3.63, 3.8) is 0 Å². The Morgan fingerprint density at radius 2 is 1.88 bits per heavy atom. The summed E-state index contributed by atoms with van der Waals surface area (Å²) < 4.78 is 10.7. The van der Waals surface area contributed by atoms with Crippen LogP contribution in [0.1, 0.15) is 31.9 Å². The lowest BCUT2D eigenvalue weighted by Gasteiger charge is -2.25. The highest BCUT2D eigenvalue weighted by Gasteiger charge is 2.26. The minimum Gasteiger partial charge on any atom is -0.454 e. The maximum Gasteiger partial charge on any atom is 0.231 e. The van der Waals surface area contributed by atoms with Gasteiger partial charge in [0.15, 0.2) is 11.5 Å². The molecule has 2 rings (SSSR count). The molecule has 1 aromatic rings. The van der Waals surface area contributed by atoms with Gasteiger partial charge in [-0.05, 0) is 29.7 Å². The van der Waals surface area contributed by atoms with Crippen LogP contribution >= 0.6 is 0 Å². The Hall–Kier alpha value is -1.22. The molecule has 88 valence electrons. The van der Waals surface area contributed by atoms with E-state index in [1.54, 1.807) is 0 Å². The summed E-state index contributed by atoms with van der Waals surface area (Å²) >= 11 is 0. The van der Waals surface area contributed by atoms with Crippen LogP contribution in [-0.4, -0.2) is 18.5 Å². The average Bonchev–Trinajstić information content (AvgIpc) is 2.74. The first-order valence-corrected chi connectivity index (χ1v) is 5.62. The molecule has 0 radical (unpaired) electrons. The summed E-state index contributed by atoms with van der Waals surface area (Å²) in [7, 11) is 0. The Labute approximate surface area is 96.0 Å². The van der Waals surface area contributed by atoms with E-state index in [2.05, 4.69) is 6.92 Å². The van der Waals surface area contributed by atoms with E-state index < -0.39 is 0 Å². The van der Waals surface area contributed by atoms with Crippen LogP contribution in [0, 0.1) is 0 Å². The second-order valence-corrected chi connectivity index (χ2v) is 4.76. The lowest BCUT2D eigenvalue weighted by molar-refractivity contribution is 0.173. The van der Waals surface area contributed by atoms with Gasteiger partial charge in [-0.1, -0.05) is 20.8 Å². The van der Waals surface area contributed by atoms with E-state index in [9.17, 15) is 5.11 Å². The lowest BCUT2D eigenvalue weighted by atomic mass is 9.81. The van der Waals surface area contributed by atoms with Gasteiger partial charge in [0, 0.05) is 5.41 Å². The molecule has 0 fully saturated rings. The highest BCUT2D eigenvalue weighted by molar-refractivity contribution is 5.50. The Morgan fingerprint density at radius 1 is 1.25 bits per heavy atom. The fraction of sp³-hybridized carbons (Fsp3) is 0.538. The van der Waals surface area contributed by atoms with Crippen LogP contribution in [0.5, 0.6) is 11.5 Å². The second-order valence-electron chi connectivity index (χ2n) is 4.76. The predicted octanol–water partition coefficient (Wildman–Crippen LogP) is 2.25. The first-order chi connectivity index (χ1) is 7.58. The maximum atomic E-state index is 9.44. The van der Waals surface area contributed by atoms with E-state index in [0.717, 1.165) is 23.5 Å². The number of aryl methyl sites for hydroxylation is 1. The van der Waals surface area contributed by atoms with E-state index >= 15 is 0 Å². The zero-order chi connectivity index (χ0) is 11.8. The first kappa shape index (κ1) is 11.3. The molecule has 16 heavy (non-hydrogen) atoms. The molecule has 3 heteroatoms. The molecule has 0 unspecified atom stereocenters. The molecule has 0 aromatic heterocycles. The number of rotatable bonds is 3. The molecule has 1 aliphatic heterocycles. The second kappa shape index (κ2) is 3.98. The summed E-state index contributed by atoms with van der Waals surface area (Å²) in [6.45, 7) is 6.59. The Balaban J connectivity index is 2.52. The SMILES string of the molecule is CCc1cc2c(cc1C(C)(C)CO)OCO2. The van der Waals surface area contributed by atoms with Gasteiger partial charge in [0.1, 0.15) is 0 Å². The first-order valence-electron chi connectivity index (χ1n) is 5.62. The highest BCUT2D eigenvalue weighted by atomic mass is 16.7. The van der Waals surface area contributed by atoms with Gasteiger partial charge in [0.25, 0.3) is 0 Å². The third-order valence-corrected chi connectivity index (χ3v) is 3.10. The molecule has 0 aliphatic carbocycles. The maximum absolute atomic E-state index is 9.44. The van der Waals surface area contributed by atoms with Crippen molar-refractivity contribution in [2.24, 2.45) is 0 Å². The van der Waals surface area contributed by atoms with Gasteiger partial charge in [0.05, 0.1) is 6.61 Å². The normalized spacial score (nSPS) is 14.2. The van der Waals surface area contributed by atoms with Crippen LogP contribution < -0.4 is 9.47 Å². The number of hydrogen-bond donors (Lipinski definition) is 1. The van der Waals surface area contributed by atoms with Crippen LogP contribution in [0.4, 0.5) is 0 Å². The quantitative estimate of drug-likeness (QED) is 0.852. The number of fused-ring (bicyclic) bond motifs is 1. The predicted molar refractivity (Wildman–Crippen MR) is 62.1 cm³/mol. The summed E-state index contributed by atoms with van der Waals surface area (Å²) in [5.41, 5.74) is 2.11. The van der Waals surface area contributed by atoms with Crippen molar-refractivity contribution in [2.45, 2.75) is 32.6 Å². The van der Waals surface area contributed by atoms with Crippen LogP contribution in [0.25, 0.3) is 0 Å². The molecule has 1 N–H and O–H groups in total. The van der Waals surface area contributed by atoms with Crippen molar-refractivity contribution < 1.29 is 14.6 Å². The number of hydrogen-bond acceptors (Lipinski definition) is 3. The topological polar surface area (TPSA) is 38.7 Å². The number of aliphatic hydroxyl groups is 1. The van der Waals surface area contributed by atoms with Gasteiger partial charge in [-0.15, -0.1) is 0 Å². The van der Waals surface area contributed by atoms with E-state index in [4.69, 9.17) is 9.47 Å². The van der Waals surface area contributed by atoms with Crippen molar-refractivity contribution in [3.05, 3.63) is 23.3 Å². The molecule has 3 nitrogen and oxygen atoms in total. The third-order valence-electron chi connectivity index (χ3n) is 3.10. The van der Waals surface area contributed by atoms with Crippen LogP contribution in [0.2, 0.25) is 0 Å². The number of aliphatic hydroxyl groups excluding tert-OH is 1. The smallest absolute Gasteiger partial charge is 0.231 e. The van der Waals surface area contributed by atoms with Crippen molar-refractivity contribution in [1.29, 1.82) is 0 Å². The number of ether oxygens (including phenoxy) is 2. The molecular formula is C13H18O3. The summed E-state index contributed by atoms with van der Waals surface area (Å²) in [6, 6.07) is 4.02. The monoisotopic (exact) mass is 222 g/mol. The van der Waals surface area contributed by atoms with Crippen molar-refractivity contribution in [1.82, 2.24) is 0 Å². The molecule has 0 amide bonds. The molecule has 1 heterocycles. The van der Waals surface area contributed by atoms with E-state index in [1.165, 1.54) is 5.56 Å². The van der Waals surface area contributed by atoms with E-state index in [0.29, 0.717) is 6.79 Å². The van der Waals surface area contributed by atoms with Crippen LogP contribution in [0.15, 0.2) is 12.1 Å². The van der Waals surface area contributed by atoms with E-state index in [-0.39, 0.29) is 12.0 Å². The zero-order valence-electron chi connectivity index (χ0n) is 10.0. The summed E-state index contributed by atoms with van der Waals surface area (Å²) in [5.74, 6) is 1.60. The Bertz CT molecular complexity index is 396. The molecule has 0 atom stereocenters. The van der Waals surface area contributed by atoms with Gasteiger partial charge in [-0.2, -0.15) is 0 Å². The molecule has 0 bridgehead atoms. The van der Waals surface area contributed by atoms with Gasteiger partial charge < -0.3 is 14.6 Å². The Kier molecular flexibility index (Phi) is 2.80. The van der Waals surface area contributed by atoms with Crippen molar-refractivity contribution >= 4 is 0 Å².